The molecule has 0 spiro atoms. The molecule has 17 heavy (non-hydrogen) atoms. The largest absolute Gasteiger partial charge is 0.345 e. The van der Waals surface area contributed by atoms with E-state index in [0.29, 0.717) is 5.69 Å². The SMILES string of the molecule is CC[C@@H](C)NC(=O)C(=O)Nc1ccc(Br)cc1. The van der Waals surface area contributed by atoms with Crippen LogP contribution in [0, 0.1) is 0 Å². The van der Waals surface area contributed by atoms with Gasteiger partial charge in [0.1, 0.15) is 0 Å². The first kappa shape index (κ1) is 13.7. The Hall–Kier alpha value is -1.36. The molecular formula is C12H15BrN2O2. The van der Waals surface area contributed by atoms with Gasteiger partial charge in [-0.25, -0.2) is 0 Å². The van der Waals surface area contributed by atoms with Crippen molar-refractivity contribution in [3.8, 4) is 0 Å². The van der Waals surface area contributed by atoms with Crippen LogP contribution in [0.25, 0.3) is 0 Å². The van der Waals surface area contributed by atoms with Crippen molar-refractivity contribution in [3.63, 3.8) is 0 Å². The molecular weight excluding hydrogens is 284 g/mol. The van der Waals surface area contributed by atoms with Gasteiger partial charge in [-0.05, 0) is 37.6 Å². The first-order valence-corrected chi connectivity index (χ1v) is 6.19. The number of carbonyl (C=O) groups is 2. The number of halogens is 1. The number of carbonyl (C=O) groups excluding carboxylic acids is 2. The standard InChI is InChI=1S/C12H15BrN2O2/c1-3-8(2)14-11(16)12(17)15-10-6-4-9(13)5-7-10/h4-8H,3H2,1-2H3,(H,14,16)(H,15,17)/t8-/m1/s1. The van der Waals surface area contributed by atoms with Crippen LogP contribution in [-0.2, 0) is 9.59 Å². The third-order valence-corrected chi connectivity index (χ3v) is 2.83. The van der Waals surface area contributed by atoms with Crippen molar-refractivity contribution >= 4 is 33.4 Å². The van der Waals surface area contributed by atoms with Crippen molar-refractivity contribution in [1.82, 2.24) is 5.32 Å². The number of hydrogen-bond donors (Lipinski definition) is 2. The molecule has 92 valence electrons. The van der Waals surface area contributed by atoms with E-state index in [2.05, 4.69) is 26.6 Å². The zero-order valence-electron chi connectivity index (χ0n) is 9.79. The number of benzene rings is 1. The normalized spacial score (nSPS) is 11.7. The fourth-order valence-corrected chi connectivity index (χ4v) is 1.38. The van der Waals surface area contributed by atoms with Crippen molar-refractivity contribution in [2.75, 3.05) is 5.32 Å². The third-order valence-electron chi connectivity index (χ3n) is 2.30. The fraction of sp³-hybridized carbons (Fsp3) is 0.333. The highest BCUT2D eigenvalue weighted by Gasteiger charge is 2.15. The number of hydrogen-bond acceptors (Lipinski definition) is 2. The Bertz CT molecular complexity index is 403. The van der Waals surface area contributed by atoms with Gasteiger partial charge in [0, 0.05) is 16.2 Å². The summed E-state index contributed by atoms with van der Waals surface area (Å²) in [4.78, 5) is 23.0. The molecule has 4 nitrogen and oxygen atoms in total. The molecule has 0 bridgehead atoms. The highest BCUT2D eigenvalue weighted by Crippen LogP contribution is 2.13. The molecule has 0 aromatic heterocycles. The molecule has 0 saturated heterocycles. The first-order chi connectivity index (χ1) is 8.02. The Morgan fingerprint density at radius 1 is 1.24 bits per heavy atom. The molecule has 0 aliphatic carbocycles. The van der Waals surface area contributed by atoms with Gasteiger partial charge in [-0.3, -0.25) is 9.59 Å². The maximum absolute atomic E-state index is 11.5. The molecule has 0 radical (unpaired) electrons. The van der Waals surface area contributed by atoms with E-state index in [0.717, 1.165) is 10.9 Å². The summed E-state index contributed by atoms with van der Waals surface area (Å²) in [5.41, 5.74) is 0.595. The Kier molecular flexibility index (Phi) is 5.15. The number of nitrogens with one attached hydrogen (secondary N) is 2. The van der Waals surface area contributed by atoms with Crippen LogP contribution in [0.15, 0.2) is 28.7 Å². The minimum absolute atomic E-state index is 0.00170. The second kappa shape index (κ2) is 6.39. The Morgan fingerprint density at radius 3 is 2.35 bits per heavy atom. The summed E-state index contributed by atoms with van der Waals surface area (Å²) in [7, 11) is 0. The zero-order chi connectivity index (χ0) is 12.8. The Morgan fingerprint density at radius 2 is 1.82 bits per heavy atom. The van der Waals surface area contributed by atoms with Gasteiger partial charge in [0.05, 0.1) is 0 Å². The average Bonchev–Trinajstić information content (AvgIpc) is 2.31. The second-order valence-corrected chi connectivity index (χ2v) is 4.66. The molecule has 1 aromatic rings. The van der Waals surface area contributed by atoms with E-state index in [4.69, 9.17) is 0 Å². The van der Waals surface area contributed by atoms with Crippen molar-refractivity contribution in [2.45, 2.75) is 26.3 Å². The van der Waals surface area contributed by atoms with Crippen LogP contribution in [0.5, 0.6) is 0 Å². The second-order valence-electron chi connectivity index (χ2n) is 3.74. The van der Waals surface area contributed by atoms with Crippen LogP contribution in [0.3, 0.4) is 0 Å². The predicted octanol–water partition coefficient (Wildman–Crippen LogP) is 2.30. The summed E-state index contributed by atoms with van der Waals surface area (Å²) in [6.07, 6.45) is 0.789. The number of amides is 2. The summed E-state index contributed by atoms with van der Waals surface area (Å²) in [5, 5.41) is 5.13. The van der Waals surface area contributed by atoms with Crippen molar-refractivity contribution in [2.24, 2.45) is 0 Å². The van der Waals surface area contributed by atoms with E-state index < -0.39 is 11.8 Å². The van der Waals surface area contributed by atoms with Crippen LogP contribution < -0.4 is 10.6 Å². The summed E-state index contributed by atoms with van der Waals surface area (Å²) < 4.78 is 0.916. The molecule has 0 aliphatic heterocycles. The average molecular weight is 299 g/mol. The molecule has 0 unspecified atom stereocenters. The highest BCUT2D eigenvalue weighted by atomic mass is 79.9. The lowest BCUT2D eigenvalue weighted by Gasteiger charge is -2.11. The molecule has 0 aliphatic rings. The molecule has 1 rings (SSSR count). The van der Waals surface area contributed by atoms with Crippen LogP contribution in [0.2, 0.25) is 0 Å². The molecule has 0 saturated carbocycles. The molecule has 2 N–H and O–H groups in total. The molecule has 1 atom stereocenters. The summed E-state index contributed by atoms with van der Waals surface area (Å²) in [6, 6.07) is 7.03. The van der Waals surface area contributed by atoms with E-state index in [1.165, 1.54) is 0 Å². The topological polar surface area (TPSA) is 58.2 Å². The Balaban J connectivity index is 2.54. The molecule has 1 aromatic carbocycles. The number of anilines is 1. The van der Waals surface area contributed by atoms with Gasteiger partial charge < -0.3 is 10.6 Å². The minimum Gasteiger partial charge on any atom is -0.345 e. The number of rotatable bonds is 3. The van der Waals surface area contributed by atoms with Gasteiger partial charge >= 0.3 is 11.8 Å². The van der Waals surface area contributed by atoms with Crippen molar-refractivity contribution in [1.29, 1.82) is 0 Å². The summed E-state index contributed by atoms with van der Waals surface area (Å²) in [5.74, 6) is -1.25. The predicted molar refractivity (Wildman–Crippen MR) is 70.7 cm³/mol. The lowest BCUT2D eigenvalue weighted by atomic mass is 10.2. The summed E-state index contributed by atoms with van der Waals surface area (Å²) >= 11 is 3.29. The quantitative estimate of drug-likeness (QED) is 0.841. The molecule has 0 heterocycles. The maximum atomic E-state index is 11.5. The lowest BCUT2D eigenvalue weighted by molar-refractivity contribution is -0.136. The van der Waals surface area contributed by atoms with Gasteiger partial charge in [0.25, 0.3) is 0 Å². The van der Waals surface area contributed by atoms with Crippen LogP contribution >= 0.6 is 15.9 Å². The first-order valence-electron chi connectivity index (χ1n) is 5.40. The van der Waals surface area contributed by atoms with E-state index >= 15 is 0 Å². The monoisotopic (exact) mass is 298 g/mol. The van der Waals surface area contributed by atoms with E-state index in [-0.39, 0.29) is 6.04 Å². The smallest absolute Gasteiger partial charge is 0.313 e. The minimum atomic E-state index is -0.646. The van der Waals surface area contributed by atoms with Gasteiger partial charge in [0.15, 0.2) is 0 Å². The highest BCUT2D eigenvalue weighted by molar-refractivity contribution is 9.10. The van der Waals surface area contributed by atoms with Gasteiger partial charge in [-0.15, -0.1) is 0 Å². The lowest BCUT2D eigenvalue weighted by Crippen LogP contribution is -2.40. The van der Waals surface area contributed by atoms with Crippen LogP contribution in [0.4, 0.5) is 5.69 Å². The summed E-state index contributed by atoms with van der Waals surface area (Å²) in [6.45, 7) is 3.79. The zero-order valence-corrected chi connectivity index (χ0v) is 11.4. The van der Waals surface area contributed by atoms with Gasteiger partial charge in [0.2, 0.25) is 0 Å². The Labute approximate surface area is 109 Å². The molecule has 2 amide bonds. The van der Waals surface area contributed by atoms with E-state index in [1.54, 1.807) is 24.3 Å². The van der Waals surface area contributed by atoms with E-state index in [9.17, 15) is 9.59 Å². The van der Waals surface area contributed by atoms with Crippen molar-refractivity contribution in [3.05, 3.63) is 28.7 Å². The fourth-order valence-electron chi connectivity index (χ4n) is 1.11. The van der Waals surface area contributed by atoms with Crippen LogP contribution in [-0.4, -0.2) is 17.9 Å². The van der Waals surface area contributed by atoms with E-state index in [1.807, 2.05) is 13.8 Å². The van der Waals surface area contributed by atoms with Crippen molar-refractivity contribution < 1.29 is 9.59 Å². The molecule has 5 heteroatoms. The van der Waals surface area contributed by atoms with Gasteiger partial charge in [-0.2, -0.15) is 0 Å². The third kappa shape index (κ3) is 4.56. The van der Waals surface area contributed by atoms with Crippen LogP contribution in [0.1, 0.15) is 20.3 Å². The van der Waals surface area contributed by atoms with Gasteiger partial charge in [-0.1, -0.05) is 22.9 Å². The molecule has 0 fully saturated rings. The maximum Gasteiger partial charge on any atom is 0.313 e.